The van der Waals surface area contributed by atoms with Crippen LogP contribution in [0, 0.1) is 0 Å². The maximum absolute atomic E-state index is 6.00. The smallest absolute Gasteiger partial charge is 0.324 e. The first-order valence-electron chi connectivity index (χ1n) is 5.98. The summed E-state index contributed by atoms with van der Waals surface area (Å²) in [7, 11) is 2.96. The van der Waals surface area contributed by atoms with Gasteiger partial charge in [0, 0.05) is 5.88 Å². The number of benzene rings is 1. The molecule has 1 heterocycles. The van der Waals surface area contributed by atoms with Crippen molar-refractivity contribution in [2.24, 2.45) is 0 Å². The zero-order chi connectivity index (χ0) is 14.4. The van der Waals surface area contributed by atoms with Crippen molar-refractivity contribution in [1.82, 2.24) is 15.0 Å². The Morgan fingerprint density at radius 2 is 1.65 bits per heavy atom. The van der Waals surface area contributed by atoms with Crippen LogP contribution in [0.5, 0.6) is 12.0 Å². The molecule has 0 amide bonds. The van der Waals surface area contributed by atoms with Gasteiger partial charge in [0.05, 0.1) is 20.3 Å². The standard InChI is InChI=1S/C13H15ClN4O2/c1-19-12-16-11(17-13(18-12)20-2)15-10(8-14)9-6-4-3-5-7-9/h3-7,10H,8H2,1-2H3,(H,15,16,17,18). The van der Waals surface area contributed by atoms with Crippen molar-refractivity contribution in [3.05, 3.63) is 35.9 Å². The zero-order valence-corrected chi connectivity index (χ0v) is 12.0. The summed E-state index contributed by atoms with van der Waals surface area (Å²) in [6, 6.07) is 10.1. The molecule has 0 aliphatic heterocycles. The fraction of sp³-hybridized carbons (Fsp3) is 0.308. The van der Waals surface area contributed by atoms with Gasteiger partial charge in [0.1, 0.15) is 0 Å². The molecule has 0 aliphatic rings. The fourth-order valence-corrected chi connectivity index (χ4v) is 1.89. The van der Waals surface area contributed by atoms with E-state index in [0.717, 1.165) is 5.56 Å². The summed E-state index contributed by atoms with van der Waals surface area (Å²) in [5.74, 6) is 0.726. The van der Waals surface area contributed by atoms with E-state index in [9.17, 15) is 0 Å². The fourth-order valence-electron chi connectivity index (χ4n) is 1.64. The number of nitrogens with one attached hydrogen (secondary N) is 1. The van der Waals surface area contributed by atoms with Gasteiger partial charge in [0.15, 0.2) is 0 Å². The van der Waals surface area contributed by atoms with Gasteiger partial charge >= 0.3 is 12.0 Å². The third-order valence-corrected chi connectivity index (χ3v) is 2.93. The molecule has 0 fully saturated rings. The summed E-state index contributed by atoms with van der Waals surface area (Å²) in [6.07, 6.45) is 0. The molecule has 0 radical (unpaired) electrons. The summed E-state index contributed by atoms with van der Waals surface area (Å²) in [4.78, 5) is 12.2. The molecular weight excluding hydrogens is 280 g/mol. The monoisotopic (exact) mass is 294 g/mol. The molecule has 0 spiro atoms. The minimum absolute atomic E-state index is 0.116. The normalized spacial score (nSPS) is 11.8. The Morgan fingerprint density at radius 3 is 2.15 bits per heavy atom. The van der Waals surface area contributed by atoms with E-state index in [2.05, 4.69) is 20.3 Å². The van der Waals surface area contributed by atoms with Gasteiger partial charge in [-0.25, -0.2) is 0 Å². The number of hydrogen-bond acceptors (Lipinski definition) is 6. The van der Waals surface area contributed by atoms with Gasteiger partial charge in [0.2, 0.25) is 5.95 Å². The Labute approximate surface area is 122 Å². The number of alkyl halides is 1. The predicted molar refractivity (Wildman–Crippen MR) is 76.5 cm³/mol. The molecule has 0 aliphatic carbocycles. The van der Waals surface area contributed by atoms with Gasteiger partial charge in [-0.2, -0.15) is 9.97 Å². The molecule has 2 aromatic rings. The molecule has 1 aromatic heterocycles. The molecule has 20 heavy (non-hydrogen) atoms. The van der Waals surface area contributed by atoms with Crippen LogP contribution in [0.25, 0.3) is 0 Å². The van der Waals surface area contributed by atoms with Crippen LogP contribution in [0.15, 0.2) is 30.3 Å². The predicted octanol–water partition coefficient (Wildman–Crippen LogP) is 2.28. The van der Waals surface area contributed by atoms with E-state index in [1.807, 2.05) is 30.3 Å². The Balaban J connectivity index is 2.23. The van der Waals surface area contributed by atoms with E-state index >= 15 is 0 Å². The van der Waals surface area contributed by atoms with Crippen molar-refractivity contribution in [1.29, 1.82) is 0 Å². The molecule has 7 heteroatoms. The number of methoxy groups -OCH3 is 2. The van der Waals surface area contributed by atoms with Gasteiger partial charge in [-0.05, 0) is 5.56 Å². The number of ether oxygens (including phenoxy) is 2. The van der Waals surface area contributed by atoms with E-state index in [1.165, 1.54) is 14.2 Å². The molecule has 1 unspecified atom stereocenters. The Bertz CT molecular complexity index is 531. The van der Waals surface area contributed by atoms with E-state index < -0.39 is 0 Å². The largest absolute Gasteiger partial charge is 0.467 e. The van der Waals surface area contributed by atoms with Gasteiger partial charge in [-0.1, -0.05) is 30.3 Å². The minimum Gasteiger partial charge on any atom is -0.467 e. The first-order chi connectivity index (χ1) is 9.76. The third kappa shape index (κ3) is 3.48. The van der Waals surface area contributed by atoms with Crippen LogP contribution in [0.3, 0.4) is 0 Å². The van der Waals surface area contributed by atoms with E-state index in [1.54, 1.807) is 0 Å². The van der Waals surface area contributed by atoms with E-state index in [-0.39, 0.29) is 18.1 Å². The average Bonchev–Trinajstić information content (AvgIpc) is 2.53. The van der Waals surface area contributed by atoms with Crippen molar-refractivity contribution >= 4 is 17.5 Å². The molecule has 1 aromatic carbocycles. The van der Waals surface area contributed by atoms with Gasteiger partial charge in [-0.15, -0.1) is 16.6 Å². The second-order valence-electron chi connectivity index (χ2n) is 3.89. The highest BCUT2D eigenvalue weighted by Gasteiger charge is 2.14. The molecule has 0 saturated heterocycles. The lowest BCUT2D eigenvalue weighted by molar-refractivity contribution is 0.341. The highest BCUT2D eigenvalue weighted by molar-refractivity contribution is 6.18. The van der Waals surface area contributed by atoms with E-state index in [4.69, 9.17) is 21.1 Å². The Hall–Kier alpha value is -2.08. The summed E-state index contributed by atoms with van der Waals surface area (Å²) in [5, 5.41) is 3.14. The number of halogens is 1. The molecule has 0 bridgehead atoms. The molecule has 2 rings (SSSR count). The Kier molecular flexibility index (Phi) is 4.95. The van der Waals surface area contributed by atoms with Crippen molar-refractivity contribution in [3.8, 4) is 12.0 Å². The minimum atomic E-state index is -0.116. The summed E-state index contributed by atoms with van der Waals surface area (Å²) in [5.41, 5.74) is 1.04. The maximum atomic E-state index is 6.00. The first kappa shape index (κ1) is 14.3. The first-order valence-corrected chi connectivity index (χ1v) is 6.51. The van der Waals surface area contributed by atoms with Gasteiger partial charge < -0.3 is 14.8 Å². The SMILES string of the molecule is COc1nc(NC(CCl)c2ccccc2)nc(OC)n1. The third-order valence-electron chi connectivity index (χ3n) is 2.62. The summed E-state index contributed by atoms with van der Waals surface area (Å²) in [6.45, 7) is 0. The quantitative estimate of drug-likeness (QED) is 0.824. The number of nitrogens with zero attached hydrogens (tertiary/aromatic N) is 3. The van der Waals surface area contributed by atoms with Crippen LogP contribution in [0.1, 0.15) is 11.6 Å². The van der Waals surface area contributed by atoms with Gasteiger partial charge in [-0.3, -0.25) is 0 Å². The van der Waals surface area contributed by atoms with Crippen molar-refractivity contribution in [2.45, 2.75) is 6.04 Å². The zero-order valence-electron chi connectivity index (χ0n) is 11.2. The number of rotatable bonds is 6. The lowest BCUT2D eigenvalue weighted by atomic mass is 10.1. The molecular formula is C13H15ClN4O2. The molecule has 0 saturated carbocycles. The number of anilines is 1. The lowest BCUT2D eigenvalue weighted by Gasteiger charge is -2.16. The van der Waals surface area contributed by atoms with Crippen molar-refractivity contribution in [2.75, 3.05) is 25.4 Å². The topological polar surface area (TPSA) is 69.2 Å². The Morgan fingerprint density at radius 1 is 1.05 bits per heavy atom. The van der Waals surface area contributed by atoms with Crippen molar-refractivity contribution in [3.63, 3.8) is 0 Å². The summed E-state index contributed by atoms with van der Waals surface area (Å²) >= 11 is 6.00. The van der Waals surface area contributed by atoms with E-state index in [0.29, 0.717) is 11.8 Å². The molecule has 6 nitrogen and oxygen atoms in total. The second kappa shape index (κ2) is 6.91. The van der Waals surface area contributed by atoms with Crippen LogP contribution >= 0.6 is 11.6 Å². The van der Waals surface area contributed by atoms with Gasteiger partial charge in [0.25, 0.3) is 0 Å². The second-order valence-corrected chi connectivity index (χ2v) is 4.20. The number of aromatic nitrogens is 3. The molecule has 1 N–H and O–H groups in total. The number of hydrogen-bond donors (Lipinski definition) is 1. The van der Waals surface area contributed by atoms with Crippen LogP contribution < -0.4 is 14.8 Å². The molecule has 1 atom stereocenters. The van der Waals surface area contributed by atoms with Crippen LogP contribution in [0.4, 0.5) is 5.95 Å². The lowest BCUT2D eigenvalue weighted by Crippen LogP contribution is -2.15. The highest BCUT2D eigenvalue weighted by atomic mass is 35.5. The van der Waals surface area contributed by atoms with Crippen LogP contribution in [-0.2, 0) is 0 Å². The van der Waals surface area contributed by atoms with Crippen molar-refractivity contribution < 1.29 is 9.47 Å². The maximum Gasteiger partial charge on any atom is 0.324 e. The highest BCUT2D eigenvalue weighted by Crippen LogP contribution is 2.20. The van der Waals surface area contributed by atoms with Crippen LogP contribution in [0.2, 0.25) is 0 Å². The molecule has 106 valence electrons. The van der Waals surface area contributed by atoms with Crippen LogP contribution in [-0.4, -0.2) is 35.1 Å². The summed E-state index contributed by atoms with van der Waals surface area (Å²) < 4.78 is 10.0. The average molecular weight is 295 g/mol.